The highest BCUT2D eigenvalue weighted by Crippen LogP contribution is 2.18. The van der Waals surface area contributed by atoms with Gasteiger partial charge in [0, 0.05) is 25.5 Å². The van der Waals surface area contributed by atoms with Crippen LogP contribution in [-0.4, -0.2) is 44.5 Å². The Labute approximate surface area is 163 Å². The van der Waals surface area contributed by atoms with Gasteiger partial charge in [-0.15, -0.1) is 12.4 Å². The molecule has 0 saturated carbocycles. The molecule has 0 spiro atoms. The molecule has 2 aromatic heterocycles. The van der Waals surface area contributed by atoms with Crippen molar-refractivity contribution in [1.29, 1.82) is 0 Å². The van der Waals surface area contributed by atoms with Gasteiger partial charge >= 0.3 is 5.69 Å². The summed E-state index contributed by atoms with van der Waals surface area (Å²) in [5, 5.41) is 3.34. The fraction of sp³-hybridized carbons (Fsp3) is 0.444. The van der Waals surface area contributed by atoms with Gasteiger partial charge in [-0.25, -0.2) is 4.79 Å². The highest BCUT2D eigenvalue weighted by atomic mass is 35.5. The smallest absolute Gasteiger partial charge is 0.328 e. The lowest BCUT2D eigenvalue weighted by Gasteiger charge is -2.31. The van der Waals surface area contributed by atoms with Gasteiger partial charge in [-0.3, -0.25) is 19.1 Å². The summed E-state index contributed by atoms with van der Waals surface area (Å²) in [6, 6.07) is 5.57. The number of nitrogens with one attached hydrogen (secondary N) is 2. The highest BCUT2D eigenvalue weighted by Gasteiger charge is 2.28. The van der Waals surface area contributed by atoms with Gasteiger partial charge in [-0.2, -0.15) is 0 Å². The SMILES string of the molecule is Cl.Cn1c(=O)[nH]cc(C(=O)N(Cc2ccccn2)C2CCCNCC2)c1=O. The Kier molecular flexibility index (Phi) is 7.32. The van der Waals surface area contributed by atoms with E-state index in [1.807, 2.05) is 18.2 Å². The molecule has 2 N–H and O–H groups in total. The largest absolute Gasteiger partial charge is 0.329 e. The third-order valence-electron chi connectivity index (χ3n) is 4.72. The van der Waals surface area contributed by atoms with Crippen molar-refractivity contribution >= 4 is 18.3 Å². The molecule has 146 valence electrons. The minimum absolute atomic E-state index is 0. The van der Waals surface area contributed by atoms with Gasteiger partial charge < -0.3 is 15.2 Å². The molecule has 1 atom stereocenters. The van der Waals surface area contributed by atoms with Gasteiger partial charge in [0.1, 0.15) is 5.56 Å². The van der Waals surface area contributed by atoms with Crippen molar-refractivity contribution in [3.8, 4) is 0 Å². The van der Waals surface area contributed by atoms with Crippen molar-refractivity contribution in [2.75, 3.05) is 13.1 Å². The summed E-state index contributed by atoms with van der Waals surface area (Å²) in [7, 11) is 1.36. The van der Waals surface area contributed by atoms with E-state index in [1.165, 1.54) is 13.2 Å². The van der Waals surface area contributed by atoms with Crippen molar-refractivity contribution in [3.05, 3.63) is 62.7 Å². The second-order valence-corrected chi connectivity index (χ2v) is 6.46. The normalized spacial score (nSPS) is 16.9. The number of rotatable bonds is 4. The topological polar surface area (TPSA) is 100 Å². The Hall–Kier alpha value is -2.45. The molecule has 0 bridgehead atoms. The maximum atomic E-state index is 13.2. The molecule has 1 unspecified atom stereocenters. The summed E-state index contributed by atoms with van der Waals surface area (Å²) in [4.78, 5) is 45.7. The average Bonchev–Trinajstić information content (AvgIpc) is 2.94. The first-order valence-corrected chi connectivity index (χ1v) is 8.78. The van der Waals surface area contributed by atoms with Crippen LogP contribution in [0.5, 0.6) is 0 Å². The van der Waals surface area contributed by atoms with Crippen molar-refractivity contribution in [2.45, 2.75) is 31.8 Å². The van der Waals surface area contributed by atoms with Gasteiger partial charge in [0.05, 0.1) is 12.2 Å². The molecule has 1 aliphatic heterocycles. The predicted molar refractivity (Wildman–Crippen MR) is 104 cm³/mol. The minimum atomic E-state index is -0.587. The maximum Gasteiger partial charge on any atom is 0.328 e. The van der Waals surface area contributed by atoms with Crippen LogP contribution in [0.1, 0.15) is 35.3 Å². The van der Waals surface area contributed by atoms with E-state index >= 15 is 0 Å². The third-order valence-corrected chi connectivity index (χ3v) is 4.72. The molecule has 0 aliphatic carbocycles. The van der Waals surface area contributed by atoms with Gasteiger partial charge in [0.2, 0.25) is 0 Å². The summed E-state index contributed by atoms with van der Waals surface area (Å²) in [6.07, 6.45) is 5.52. The van der Waals surface area contributed by atoms with Crippen LogP contribution < -0.4 is 16.6 Å². The number of pyridine rings is 1. The molecule has 0 aromatic carbocycles. The lowest BCUT2D eigenvalue weighted by atomic mass is 10.1. The number of amides is 1. The van der Waals surface area contributed by atoms with E-state index in [1.54, 1.807) is 11.1 Å². The fourth-order valence-corrected chi connectivity index (χ4v) is 3.22. The van der Waals surface area contributed by atoms with Crippen LogP contribution in [0.2, 0.25) is 0 Å². The van der Waals surface area contributed by atoms with Gasteiger partial charge in [-0.05, 0) is 44.5 Å². The lowest BCUT2D eigenvalue weighted by molar-refractivity contribution is 0.0639. The predicted octanol–water partition coefficient (Wildman–Crippen LogP) is 0.675. The van der Waals surface area contributed by atoms with E-state index in [-0.39, 0.29) is 29.9 Å². The fourth-order valence-electron chi connectivity index (χ4n) is 3.22. The van der Waals surface area contributed by atoms with Crippen molar-refractivity contribution in [2.24, 2.45) is 7.05 Å². The number of hydrogen-bond acceptors (Lipinski definition) is 5. The minimum Gasteiger partial charge on any atom is -0.329 e. The number of hydrogen-bond donors (Lipinski definition) is 2. The second-order valence-electron chi connectivity index (χ2n) is 6.46. The number of nitrogens with zero attached hydrogens (tertiary/aromatic N) is 3. The standard InChI is InChI=1S/C18H23N5O3.ClH/c1-22-16(24)15(11-21-18(22)26)17(25)23(12-13-5-2-3-9-20-13)14-6-4-8-19-10-7-14;/h2-3,5,9,11,14,19H,4,6-8,10,12H2,1H3,(H,21,26);1H. The Morgan fingerprint density at radius 2 is 2.11 bits per heavy atom. The Morgan fingerprint density at radius 1 is 1.30 bits per heavy atom. The molecule has 0 radical (unpaired) electrons. The van der Waals surface area contributed by atoms with Crippen LogP contribution in [-0.2, 0) is 13.6 Å². The van der Waals surface area contributed by atoms with E-state index < -0.39 is 11.2 Å². The monoisotopic (exact) mass is 393 g/mol. The van der Waals surface area contributed by atoms with E-state index in [9.17, 15) is 14.4 Å². The van der Waals surface area contributed by atoms with Crippen LogP contribution in [0.25, 0.3) is 0 Å². The summed E-state index contributed by atoms with van der Waals surface area (Å²) in [5.74, 6) is -0.376. The number of aromatic nitrogens is 3. The quantitative estimate of drug-likeness (QED) is 0.795. The zero-order chi connectivity index (χ0) is 18.5. The summed E-state index contributed by atoms with van der Waals surface area (Å²) >= 11 is 0. The molecule has 1 amide bonds. The van der Waals surface area contributed by atoms with E-state index in [0.29, 0.717) is 6.54 Å². The molecule has 8 nitrogen and oxygen atoms in total. The molecule has 1 fully saturated rings. The second kappa shape index (κ2) is 9.48. The van der Waals surface area contributed by atoms with E-state index in [2.05, 4.69) is 15.3 Å². The van der Waals surface area contributed by atoms with Crippen LogP contribution in [0.4, 0.5) is 0 Å². The first-order valence-electron chi connectivity index (χ1n) is 8.78. The molecule has 9 heteroatoms. The Morgan fingerprint density at radius 3 is 2.85 bits per heavy atom. The number of aromatic amines is 1. The molecular weight excluding hydrogens is 370 g/mol. The number of carbonyl (C=O) groups excluding carboxylic acids is 1. The summed E-state index contributed by atoms with van der Waals surface area (Å²) in [5.41, 5.74) is -0.391. The van der Waals surface area contributed by atoms with Gasteiger partial charge in [-0.1, -0.05) is 6.07 Å². The van der Waals surface area contributed by atoms with Crippen molar-refractivity contribution < 1.29 is 4.79 Å². The Bertz CT molecular complexity index is 873. The molecule has 2 aromatic rings. The molecule has 3 rings (SSSR count). The first-order chi connectivity index (χ1) is 12.6. The number of H-pyrrole nitrogens is 1. The molecule has 27 heavy (non-hydrogen) atoms. The average molecular weight is 394 g/mol. The maximum absolute atomic E-state index is 13.2. The zero-order valence-corrected chi connectivity index (χ0v) is 16.0. The third kappa shape index (κ3) is 4.84. The van der Waals surface area contributed by atoms with Crippen LogP contribution >= 0.6 is 12.4 Å². The van der Waals surface area contributed by atoms with Crippen molar-refractivity contribution in [3.63, 3.8) is 0 Å². The van der Waals surface area contributed by atoms with Crippen LogP contribution in [0.15, 0.2) is 40.2 Å². The Balaban J connectivity index is 0.00000261. The first kappa shape index (κ1) is 20.9. The highest BCUT2D eigenvalue weighted by molar-refractivity contribution is 5.93. The lowest BCUT2D eigenvalue weighted by Crippen LogP contribution is -2.45. The van der Waals surface area contributed by atoms with E-state index in [4.69, 9.17) is 0 Å². The zero-order valence-electron chi connectivity index (χ0n) is 15.2. The van der Waals surface area contributed by atoms with Gasteiger partial charge in [0.15, 0.2) is 0 Å². The number of halogens is 1. The van der Waals surface area contributed by atoms with Crippen molar-refractivity contribution in [1.82, 2.24) is 24.8 Å². The molecule has 1 aliphatic rings. The molecule has 1 saturated heterocycles. The van der Waals surface area contributed by atoms with Crippen LogP contribution in [0.3, 0.4) is 0 Å². The summed E-state index contributed by atoms with van der Waals surface area (Å²) < 4.78 is 0.917. The van der Waals surface area contributed by atoms with Crippen LogP contribution in [0, 0.1) is 0 Å². The summed E-state index contributed by atoms with van der Waals surface area (Å²) in [6.45, 7) is 2.06. The van der Waals surface area contributed by atoms with Gasteiger partial charge in [0.25, 0.3) is 11.5 Å². The molecular formula is C18H24ClN5O3. The number of carbonyl (C=O) groups is 1. The molecule has 3 heterocycles. The van der Waals surface area contributed by atoms with E-state index in [0.717, 1.165) is 42.6 Å².